The Balaban J connectivity index is 1.74. The molecule has 0 aliphatic heterocycles. The number of hydrogen-bond acceptors (Lipinski definition) is 6. The van der Waals surface area contributed by atoms with Crippen LogP contribution in [0.2, 0.25) is 0 Å². The second kappa shape index (κ2) is 7.98. The van der Waals surface area contributed by atoms with Crippen LogP contribution in [-0.4, -0.2) is 30.1 Å². The van der Waals surface area contributed by atoms with Crippen LogP contribution < -0.4 is 4.72 Å². The molecule has 2 heterocycles. The molecule has 0 fully saturated rings. The van der Waals surface area contributed by atoms with Crippen molar-refractivity contribution in [3.63, 3.8) is 0 Å². The van der Waals surface area contributed by atoms with Gasteiger partial charge in [-0.3, -0.25) is 4.98 Å². The summed E-state index contributed by atoms with van der Waals surface area (Å²) in [5, 5.41) is 3.99. The van der Waals surface area contributed by atoms with Crippen molar-refractivity contribution in [2.75, 3.05) is 6.54 Å². The van der Waals surface area contributed by atoms with Gasteiger partial charge in [-0.05, 0) is 54.3 Å². The normalized spacial score (nSPS) is 11.9. The summed E-state index contributed by atoms with van der Waals surface area (Å²) in [5.41, 5.74) is 2.81. The molecule has 0 atom stereocenters. The minimum atomic E-state index is -3.52. The lowest BCUT2D eigenvalue weighted by molar-refractivity contribution is 0.385. The molecule has 142 valence electrons. The van der Waals surface area contributed by atoms with Gasteiger partial charge in [-0.15, -0.1) is 0 Å². The number of pyridine rings is 1. The molecule has 0 unspecified atom stereocenters. The first-order valence-electron chi connectivity index (χ1n) is 8.67. The number of sulfonamides is 1. The predicted molar refractivity (Wildman–Crippen MR) is 102 cm³/mol. The molecule has 0 saturated heterocycles. The van der Waals surface area contributed by atoms with Crippen LogP contribution in [0.3, 0.4) is 0 Å². The van der Waals surface area contributed by atoms with Crippen molar-refractivity contribution in [3.8, 4) is 11.4 Å². The maximum atomic E-state index is 12.3. The van der Waals surface area contributed by atoms with Gasteiger partial charge in [0, 0.05) is 24.5 Å². The molecule has 0 amide bonds. The molecule has 8 heteroatoms. The van der Waals surface area contributed by atoms with Crippen molar-refractivity contribution >= 4 is 10.0 Å². The third-order valence-electron chi connectivity index (χ3n) is 4.06. The number of hydrogen-bond donors (Lipinski definition) is 1. The summed E-state index contributed by atoms with van der Waals surface area (Å²) >= 11 is 0. The molecule has 3 aromatic rings. The Morgan fingerprint density at radius 2 is 1.89 bits per heavy atom. The van der Waals surface area contributed by atoms with Crippen LogP contribution in [0, 0.1) is 12.8 Å². The minimum absolute atomic E-state index is 0.210. The molecule has 1 N–H and O–H groups in total. The van der Waals surface area contributed by atoms with Gasteiger partial charge in [-0.2, -0.15) is 4.98 Å². The molecule has 1 aromatic carbocycles. The number of nitrogens with one attached hydrogen (secondary N) is 1. The number of aromatic nitrogens is 3. The molecule has 0 aliphatic rings. The monoisotopic (exact) mass is 386 g/mol. The van der Waals surface area contributed by atoms with Crippen LogP contribution in [0.25, 0.3) is 11.4 Å². The lowest BCUT2D eigenvalue weighted by atomic mass is 10.1. The summed E-state index contributed by atoms with van der Waals surface area (Å²) in [4.78, 5) is 8.72. The number of nitrogens with zero attached hydrogens (tertiary/aromatic N) is 3. The van der Waals surface area contributed by atoms with Gasteiger partial charge in [0.1, 0.15) is 0 Å². The fourth-order valence-electron chi connectivity index (χ4n) is 2.43. The lowest BCUT2D eigenvalue weighted by Gasteiger charge is -2.08. The van der Waals surface area contributed by atoms with Crippen LogP contribution in [0.5, 0.6) is 0 Å². The number of rotatable bonds is 7. The first kappa shape index (κ1) is 19.2. The summed E-state index contributed by atoms with van der Waals surface area (Å²) in [6, 6.07) is 8.36. The fourth-order valence-corrected chi connectivity index (χ4v) is 3.65. The summed E-state index contributed by atoms with van der Waals surface area (Å²) in [6.45, 7) is 6.30. The average molecular weight is 386 g/mol. The van der Waals surface area contributed by atoms with E-state index in [9.17, 15) is 8.42 Å². The Morgan fingerprint density at radius 1 is 1.15 bits per heavy atom. The molecule has 2 aromatic heterocycles. The smallest absolute Gasteiger partial charge is 0.240 e. The van der Waals surface area contributed by atoms with E-state index in [4.69, 9.17) is 4.52 Å². The van der Waals surface area contributed by atoms with Crippen molar-refractivity contribution in [3.05, 3.63) is 59.7 Å². The molecule has 0 bridgehead atoms. The standard InChI is InChI=1S/C19H22N4O3S/c1-13(2)11-21-27(24,25)17-6-4-15(5-7-17)19-22-18(26-23-19)10-16-12-20-9-8-14(16)3/h4-9,12-13,21H,10-11H2,1-3H3. The molecule has 0 aliphatic carbocycles. The van der Waals surface area contributed by atoms with E-state index in [1.807, 2.05) is 26.8 Å². The number of aryl methyl sites for hydroxylation is 1. The maximum absolute atomic E-state index is 12.3. The maximum Gasteiger partial charge on any atom is 0.240 e. The van der Waals surface area contributed by atoms with Crippen LogP contribution >= 0.6 is 0 Å². The van der Waals surface area contributed by atoms with Gasteiger partial charge in [0.2, 0.25) is 21.7 Å². The summed E-state index contributed by atoms with van der Waals surface area (Å²) in [5.74, 6) is 1.14. The van der Waals surface area contributed by atoms with E-state index in [2.05, 4.69) is 19.8 Å². The molecule has 27 heavy (non-hydrogen) atoms. The topological polar surface area (TPSA) is 98.0 Å². The SMILES string of the molecule is Cc1ccncc1Cc1nc(-c2ccc(S(=O)(=O)NCC(C)C)cc2)no1. The molecule has 7 nitrogen and oxygen atoms in total. The second-order valence-electron chi connectivity index (χ2n) is 6.76. The third-order valence-corrected chi connectivity index (χ3v) is 5.50. The van der Waals surface area contributed by atoms with Gasteiger partial charge in [0.05, 0.1) is 11.3 Å². The fraction of sp³-hybridized carbons (Fsp3) is 0.316. The van der Waals surface area contributed by atoms with E-state index in [-0.39, 0.29) is 10.8 Å². The van der Waals surface area contributed by atoms with E-state index in [0.29, 0.717) is 30.2 Å². The highest BCUT2D eigenvalue weighted by molar-refractivity contribution is 7.89. The lowest BCUT2D eigenvalue weighted by Crippen LogP contribution is -2.27. The Kier molecular flexibility index (Phi) is 5.67. The van der Waals surface area contributed by atoms with E-state index < -0.39 is 10.0 Å². The summed E-state index contributed by atoms with van der Waals surface area (Å²) in [6.07, 6.45) is 4.02. The highest BCUT2D eigenvalue weighted by atomic mass is 32.2. The number of benzene rings is 1. The van der Waals surface area contributed by atoms with Gasteiger partial charge in [0.25, 0.3) is 0 Å². The van der Waals surface area contributed by atoms with Crippen molar-refractivity contribution in [2.24, 2.45) is 5.92 Å². The minimum Gasteiger partial charge on any atom is -0.339 e. The first-order valence-corrected chi connectivity index (χ1v) is 10.2. The van der Waals surface area contributed by atoms with Crippen LogP contribution in [0.1, 0.15) is 30.9 Å². The van der Waals surface area contributed by atoms with Crippen LogP contribution in [0.4, 0.5) is 0 Å². The highest BCUT2D eigenvalue weighted by Gasteiger charge is 2.16. The van der Waals surface area contributed by atoms with Crippen molar-refractivity contribution in [1.29, 1.82) is 0 Å². The summed E-state index contributed by atoms with van der Waals surface area (Å²) in [7, 11) is -3.52. The van der Waals surface area contributed by atoms with Gasteiger partial charge in [-0.25, -0.2) is 13.1 Å². The Hall–Kier alpha value is -2.58. The van der Waals surface area contributed by atoms with Gasteiger partial charge < -0.3 is 4.52 Å². The molecular formula is C19H22N4O3S. The molecular weight excluding hydrogens is 364 g/mol. The van der Waals surface area contributed by atoms with Crippen LogP contribution in [0.15, 0.2) is 52.1 Å². The zero-order chi connectivity index (χ0) is 19.4. The average Bonchev–Trinajstić information content (AvgIpc) is 3.11. The van der Waals surface area contributed by atoms with E-state index in [1.54, 1.807) is 36.7 Å². The Labute approximate surface area is 158 Å². The van der Waals surface area contributed by atoms with Crippen molar-refractivity contribution in [1.82, 2.24) is 19.8 Å². The summed E-state index contributed by atoms with van der Waals surface area (Å²) < 4.78 is 32.4. The quantitative estimate of drug-likeness (QED) is 0.670. The zero-order valence-corrected chi connectivity index (χ0v) is 16.3. The van der Waals surface area contributed by atoms with Gasteiger partial charge >= 0.3 is 0 Å². The Morgan fingerprint density at radius 3 is 2.56 bits per heavy atom. The predicted octanol–water partition coefficient (Wildman–Crippen LogP) is 2.97. The van der Waals surface area contributed by atoms with Crippen LogP contribution in [-0.2, 0) is 16.4 Å². The van der Waals surface area contributed by atoms with E-state index in [0.717, 1.165) is 11.1 Å². The van der Waals surface area contributed by atoms with E-state index in [1.165, 1.54) is 0 Å². The largest absolute Gasteiger partial charge is 0.339 e. The van der Waals surface area contributed by atoms with Crippen molar-refractivity contribution in [2.45, 2.75) is 32.1 Å². The highest BCUT2D eigenvalue weighted by Crippen LogP contribution is 2.20. The Bertz CT molecular complexity index is 1010. The van der Waals surface area contributed by atoms with Crippen molar-refractivity contribution < 1.29 is 12.9 Å². The molecule has 3 rings (SSSR count). The second-order valence-corrected chi connectivity index (χ2v) is 8.53. The zero-order valence-electron chi connectivity index (χ0n) is 15.5. The first-order chi connectivity index (χ1) is 12.8. The van der Waals surface area contributed by atoms with E-state index >= 15 is 0 Å². The van der Waals surface area contributed by atoms with Gasteiger partial charge in [0.15, 0.2) is 0 Å². The molecule has 0 radical (unpaired) electrons. The molecule has 0 saturated carbocycles. The molecule has 0 spiro atoms. The van der Waals surface area contributed by atoms with Gasteiger partial charge in [-0.1, -0.05) is 19.0 Å². The third kappa shape index (κ3) is 4.78.